The van der Waals surface area contributed by atoms with Crippen LogP contribution in [0.25, 0.3) is 0 Å². The number of Topliss-reactive ketones (excluding diaryl/α,β-unsaturated/α-hetero) is 1. The monoisotopic (exact) mass is 241 g/mol. The van der Waals surface area contributed by atoms with Crippen molar-refractivity contribution in [3.8, 4) is 0 Å². The molecule has 1 rings (SSSR count). The van der Waals surface area contributed by atoms with Crippen LogP contribution in [0.5, 0.6) is 0 Å². The number of ether oxygens (including phenoxy) is 1. The zero-order valence-corrected chi connectivity index (χ0v) is 11.3. The SMILES string of the molecule is CC(=O)CC1CCCCN1C(=O)OC(C)(C)C. The quantitative estimate of drug-likeness (QED) is 0.746. The Morgan fingerprint density at radius 3 is 2.47 bits per heavy atom. The van der Waals surface area contributed by atoms with Crippen molar-refractivity contribution in [2.45, 2.75) is 65.0 Å². The van der Waals surface area contributed by atoms with Gasteiger partial charge >= 0.3 is 6.09 Å². The highest BCUT2D eigenvalue weighted by Gasteiger charge is 2.30. The second-order valence-corrected chi connectivity index (χ2v) is 5.73. The molecule has 1 aliphatic rings. The first-order valence-electron chi connectivity index (χ1n) is 6.28. The van der Waals surface area contributed by atoms with Gasteiger partial charge in [-0.1, -0.05) is 0 Å². The van der Waals surface area contributed by atoms with E-state index in [9.17, 15) is 9.59 Å². The van der Waals surface area contributed by atoms with Crippen LogP contribution in [0.4, 0.5) is 4.79 Å². The molecule has 0 bridgehead atoms. The molecule has 1 fully saturated rings. The molecule has 1 unspecified atom stereocenters. The normalized spacial score (nSPS) is 21.2. The number of likely N-dealkylation sites (tertiary alicyclic amines) is 1. The highest BCUT2D eigenvalue weighted by Crippen LogP contribution is 2.22. The van der Waals surface area contributed by atoms with Crippen molar-refractivity contribution in [1.82, 2.24) is 4.90 Å². The maximum absolute atomic E-state index is 12.0. The van der Waals surface area contributed by atoms with E-state index < -0.39 is 5.60 Å². The number of hydrogen-bond acceptors (Lipinski definition) is 3. The molecule has 4 heteroatoms. The molecule has 0 N–H and O–H groups in total. The van der Waals surface area contributed by atoms with E-state index in [1.165, 1.54) is 0 Å². The minimum absolute atomic E-state index is 0.0242. The Hall–Kier alpha value is -1.06. The number of carbonyl (C=O) groups excluding carboxylic acids is 2. The first-order chi connectivity index (χ1) is 7.79. The highest BCUT2D eigenvalue weighted by molar-refractivity contribution is 5.77. The topological polar surface area (TPSA) is 46.6 Å². The molecule has 4 nitrogen and oxygen atoms in total. The predicted octanol–water partition coefficient (Wildman–Crippen LogP) is 2.76. The Morgan fingerprint density at radius 2 is 1.94 bits per heavy atom. The van der Waals surface area contributed by atoms with E-state index in [1.54, 1.807) is 11.8 Å². The summed E-state index contributed by atoms with van der Waals surface area (Å²) >= 11 is 0. The van der Waals surface area contributed by atoms with Gasteiger partial charge in [0.25, 0.3) is 0 Å². The summed E-state index contributed by atoms with van der Waals surface area (Å²) in [4.78, 5) is 24.9. The molecule has 1 saturated heterocycles. The molecule has 1 atom stereocenters. The van der Waals surface area contributed by atoms with Crippen LogP contribution >= 0.6 is 0 Å². The minimum Gasteiger partial charge on any atom is -0.444 e. The van der Waals surface area contributed by atoms with E-state index >= 15 is 0 Å². The van der Waals surface area contributed by atoms with Crippen LogP contribution in [0.3, 0.4) is 0 Å². The molecule has 1 heterocycles. The molecule has 0 aliphatic carbocycles. The standard InChI is InChI=1S/C13H23NO3/c1-10(15)9-11-7-5-6-8-14(11)12(16)17-13(2,3)4/h11H,5-9H2,1-4H3. The van der Waals surface area contributed by atoms with Crippen LogP contribution in [0.2, 0.25) is 0 Å². The largest absolute Gasteiger partial charge is 0.444 e. The van der Waals surface area contributed by atoms with Crippen molar-refractivity contribution in [3.63, 3.8) is 0 Å². The van der Waals surface area contributed by atoms with Crippen molar-refractivity contribution in [3.05, 3.63) is 0 Å². The van der Waals surface area contributed by atoms with Gasteiger partial charge in [0.2, 0.25) is 0 Å². The third-order valence-electron chi connectivity index (χ3n) is 2.78. The lowest BCUT2D eigenvalue weighted by molar-refractivity contribution is -0.118. The molecule has 0 saturated carbocycles. The molecule has 1 aliphatic heterocycles. The van der Waals surface area contributed by atoms with Crippen LogP contribution < -0.4 is 0 Å². The summed E-state index contributed by atoms with van der Waals surface area (Å²) in [5.41, 5.74) is -0.477. The van der Waals surface area contributed by atoms with Gasteiger partial charge < -0.3 is 9.64 Å². The Labute approximate surface area is 103 Å². The third kappa shape index (κ3) is 4.75. The van der Waals surface area contributed by atoms with E-state index in [2.05, 4.69) is 0 Å². The second kappa shape index (κ2) is 5.52. The van der Waals surface area contributed by atoms with Crippen molar-refractivity contribution in [2.75, 3.05) is 6.54 Å². The van der Waals surface area contributed by atoms with E-state index in [0.29, 0.717) is 13.0 Å². The van der Waals surface area contributed by atoms with Gasteiger partial charge in [-0.25, -0.2) is 4.79 Å². The van der Waals surface area contributed by atoms with Gasteiger partial charge in [0, 0.05) is 19.0 Å². The van der Waals surface area contributed by atoms with Crippen LogP contribution in [0, 0.1) is 0 Å². The predicted molar refractivity (Wildman–Crippen MR) is 65.9 cm³/mol. The summed E-state index contributed by atoms with van der Waals surface area (Å²) in [6.07, 6.45) is 3.13. The number of amides is 1. The molecule has 98 valence electrons. The Morgan fingerprint density at radius 1 is 1.29 bits per heavy atom. The van der Waals surface area contributed by atoms with Gasteiger partial charge in [-0.15, -0.1) is 0 Å². The van der Waals surface area contributed by atoms with Gasteiger partial charge in [-0.05, 0) is 47.0 Å². The third-order valence-corrected chi connectivity index (χ3v) is 2.78. The minimum atomic E-state index is -0.477. The summed E-state index contributed by atoms with van der Waals surface area (Å²) in [7, 11) is 0. The number of ketones is 1. The molecule has 0 spiro atoms. The maximum Gasteiger partial charge on any atom is 0.410 e. The zero-order chi connectivity index (χ0) is 13.1. The van der Waals surface area contributed by atoms with Crippen molar-refractivity contribution >= 4 is 11.9 Å². The maximum atomic E-state index is 12.0. The summed E-state index contributed by atoms with van der Waals surface area (Å²) in [5.74, 6) is 0.130. The van der Waals surface area contributed by atoms with Gasteiger partial charge in [0.15, 0.2) is 0 Å². The number of rotatable bonds is 2. The fraction of sp³-hybridized carbons (Fsp3) is 0.846. The van der Waals surface area contributed by atoms with Crippen LogP contribution in [-0.2, 0) is 9.53 Å². The van der Waals surface area contributed by atoms with Crippen LogP contribution in [0.15, 0.2) is 0 Å². The van der Waals surface area contributed by atoms with Crippen molar-refractivity contribution in [1.29, 1.82) is 0 Å². The highest BCUT2D eigenvalue weighted by atomic mass is 16.6. The van der Waals surface area contributed by atoms with Gasteiger partial charge in [-0.2, -0.15) is 0 Å². The van der Waals surface area contributed by atoms with E-state index in [0.717, 1.165) is 19.3 Å². The molecular formula is C13H23NO3. The number of piperidine rings is 1. The smallest absolute Gasteiger partial charge is 0.410 e. The Bertz CT molecular complexity index is 294. The van der Waals surface area contributed by atoms with Gasteiger partial charge in [-0.3, -0.25) is 4.79 Å². The zero-order valence-electron chi connectivity index (χ0n) is 11.3. The summed E-state index contributed by atoms with van der Waals surface area (Å²) < 4.78 is 5.36. The molecular weight excluding hydrogens is 218 g/mol. The van der Waals surface area contributed by atoms with Crippen LogP contribution in [-0.4, -0.2) is 35.0 Å². The lowest BCUT2D eigenvalue weighted by atomic mass is 9.98. The lowest BCUT2D eigenvalue weighted by Gasteiger charge is -2.36. The van der Waals surface area contributed by atoms with Crippen molar-refractivity contribution in [2.24, 2.45) is 0 Å². The van der Waals surface area contributed by atoms with Gasteiger partial charge in [0.05, 0.1) is 0 Å². The number of hydrogen-bond donors (Lipinski definition) is 0. The number of nitrogens with zero attached hydrogens (tertiary/aromatic N) is 1. The van der Waals surface area contributed by atoms with E-state index in [1.807, 2.05) is 20.8 Å². The Balaban J connectivity index is 2.64. The van der Waals surface area contributed by atoms with Crippen LogP contribution in [0.1, 0.15) is 53.4 Å². The second-order valence-electron chi connectivity index (χ2n) is 5.73. The van der Waals surface area contributed by atoms with E-state index in [4.69, 9.17) is 4.74 Å². The first kappa shape index (κ1) is 14.0. The summed E-state index contributed by atoms with van der Waals surface area (Å²) in [6, 6.07) is 0.0242. The molecule has 17 heavy (non-hydrogen) atoms. The number of carbonyl (C=O) groups is 2. The molecule has 0 aromatic heterocycles. The fourth-order valence-corrected chi connectivity index (χ4v) is 2.11. The molecule has 0 radical (unpaired) electrons. The van der Waals surface area contributed by atoms with Gasteiger partial charge in [0.1, 0.15) is 11.4 Å². The summed E-state index contributed by atoms with van der Waals surface area (Å²) in [5, 5.41) is 0. The average molecular weight is 241 g/mol. The molecule has 1 amide bonds. The average Bonchev–Trinajstić information content (AvgIpc) is 2.14. The summed E-state index contributed by atoms with van der Waals surface area (Å²) in [6.45, 7) is 7.84. The van der Waals surface area contributed by atoms with Crippen molar-refractivity contribution < 1.29 is 14.3 Å². The van der Waals surface area contributed by atoms with E-state index in [-0.39, 0.29) is 17.9 Å². The fourth-order valence-electron chi connectivity index (χ4n) is 2.11. The molecule has 0 aromatic rings. The molecule has 0 aromatic carbocycles. The Kier molecular flexibility index (Phi) is 4.54. The first-order valence-corrected chi connectivity index (χ1v) is 6.28. The lowest BCUT2D eigenvalue weighted by Crippen LogP contribution is -2.46.